The molecule has 54 valence electrons. The summed E-state index contributed by atoms with van der Waals surface area (Å²) in [4.78, 5) is 2.19. The second kappa shape index (κ2) is 1.99. The average Bonchev–Trinajstić information content (AvgIpc) is 2.40. The normalized spacial score (nSPS) is 16.0. The predicted octanol–water partition coefficient (Wildman–Crippen LogP) is 1.10. The van der Waals surface area contributed by atoms with Gasteiger partial charge in [0.1, 0.15) is 5.82 Å². The summed E-state index contributed by atoms with van der Waals surface area (Å²) in [6, 6.07) is 0. The van der Waals surface area contributed by atoms with Gasteiger partial charge in [0.15, 0.2) is 0 Å². The lowest BCUT2D eigenvalue weighted by atomic mass is 10.6. The van der Waals surface area contributed by atoms with Gasteiger partial charge in [0.2, 0.25) is 0 Å². The Morgan fingerprint density at radius 2 is 2.40 bits per heavy atom. The molecule has 0 unspecified atom stereocenters. The van der Waals surface area contributed by atoms with Gasteiger partial charge < -0.3 is 4.90 Å². The number of halogens is 1. The maximum atomic E-state index is 4.17. The first-order chi connectivity index (χ1) is 4.79. The van der Waals surface area contributed by atoms with Crippen molar-refractivity contribution in [3.8, 4) is 0 Å². The SMILES string of the molecule is CN1CCn2ncc(Br)c21. The number of rotatable bonds is 0. The standard InChI is InChI=1S/C6H8BrN3/c1-9-2-3-10-6(9)5(7)4-8-10/h4H,2-3H2,1H3. The average molecular weight is 202 g/mol. The van der Waals surface area contributed by atoms with Crippen molar-refractivity contribution in [2.75, 3.05) is 18.5 Å². The van der Waals surface area contributed by atoms with Crippen LogP contribution in [0.5, 0.6) is 0 Å². The van der Waals surface area contributed by atoms with Gasteiger partial charge in [-0.2, -0.15) is 5.10 Å². The fraction of sp³-hybridized carbons (Fsp3) is 0.500. The molecule has 1 aliphatic heterocycles. The number of hydrogen-bond acceptors (Lipinski definition) is 2. The third-order valence-corrected chi connectivity index (χ3v) is 2.34. The van der Waals surface area contributed by atoms with Gasteiger partial charge in [-0.05, 0) is 15.9 Å². The first-order valence-corrected chi connectivity index (χ1v) is 4.01. The molecule has 2 heterocycles. The van der Waals surface area contributed by atoms with E-state index in [1.54, 1.807) is 0 Å². The van der Waals surface area contributed by atoms with Gasteiger partial charge in [-0.3, -0.25) is 0 Å². The van der Waals surface area contributed by atoms with Crippen molar-refractivity contribution >= 4 is 21.7 Å². The van der Waals surface area contributed by atoms with Crippen LogP contribution in [0.4, 0.5) is 5.82 Å². The van der Waals surface area contributed by atoms with Crippen LogP contribution >= 0.6 is 15.9 Å². The van der Waals surface area contributed by atoms with Crippen LogP contribution in [0.15, 0.2) is 10.7 Å². The second-order valence-electron chi connectivity index (χ2n) is 2.46. The first-order valence-electron chi connectivity index (χ1n) is 3.21. The molecule has 4 heteroatoms. The van der Waals surface area contributed by atoms with E-state index in [9.17, 15) is 0 Å². The smallest absolute Gasteiger partial charge is 0.141 e. The Balaban J connectivity index is 2.54. The van der Waals surface area contributed by atoms with Gasteiger partial charge in [0.05, 0.1) is 17.2 Å². The molecule has 0 saturated heterocycles. The fourth-order valence-corrected chi connectivity index (χ4v) is 1.85. The molecule has 0 atom stereocenters. The highest BCUT2D eigenvalue weighted by atomic mass is 79.9. The Morgan fingerprint density at radius 1 is 1.60 bits per heavy atom. The Morgan fingerprint density at radius 3 is 3.10 bits per heavy atom. The summed E-state index contributed by atoms with van der Waals surface area (Å²) in [7, 11) is 2.07. The molecule has 1 aromatic rings. The predicted molar refractivity (Wildman–Crippen MR) is 43.2 cm³/mol. The molecular formula is C6H8BrN3. The van der Waals surface area contributed by atoms with Crippen LogP contribution in [0.3, 0.4) is 0 Å². The zero-order valence-electron chi connectivity index (χ0n) is 5.71. The molecule has 2 rings (SSSR count). The molecule has 0 saturated carbocycles. The maximum absolute atomic E-state index is 4.17. The van der Waals surface area contributed by atoms with Crippen LogP contribution in [-0.2, 0) is 6.54 Å². The lowest BCUT2D eigenvalue weighted by Gasteiger charge is -2.07. The lowest BCUT2D eigenvalue weighted by molar-refractivity contribution is 0.691. The minimum atomic E-state index is 1.01. The van der Waals surface area contributed by atoms with E-state index in [-0.39, 0.29) is 0 Å². The molecule has 1 aliphatic rings. The molecule has 0 bridgehead atoms. The van der Waals surface area contributed by atoms with Crippen molar-refractivity contribution in [2.45, 2.75) is 6.54 Å². The number of nitrogens with zero attached hydrogens (tertiary/aromatic N) is 3. The zero-order valence-corrected chi connectivity index (χ0v) is 7.30. The highest BCUT2D eigenvalue weighted by Gasteiger charge is 2.18. The minimum absolute atomic E-state index is 1.01. The largest absolute Gasteiger partial charge is 0.357 e. The van der Waals surface area contributed by atoms with Crippen molar-refractivity contribution in [2.24, 2.45) is 0 Å². The van der Waals surface area contributed by atoms with Crippen LogP contribution in [0.2, 0.25) is 0 Å². The summed E-state index contributed by atoms with van der Waals surface area (Å²) in [5.41, 5.74) is 0. The maximum Gasteiger partial charge on any atom is 0.141 e. The molecule has 0 amide bonds. The third kappa shape index (κ3) is 0.683. The van der Waals surface area contributed by atoms with Crippen LogP contribution in [0, 0.1) is 0 Å². The van der Waals surface area contributed by atoms with Crippen molar-refractivity contribution in [3.05, 3.63) is 10.7 Å². The lowest BCUT2D eigenvalue weighted by Crippen LogP contribution is -2.12. The van der Waals surface area contributed by atoms with E-state index in [0.717, 1.165) is 17.6 Å². The second-order valence-corrected chi connectivity index (χ2v) is 3.32. The Bertz CT molecular complexity index is 255. The molecular weight excluding hydrogens is 194 g/mol. The van der Waals surface area contributed by atoms with E-state index in [1.807, 2.05) is 10.9 Å². The Hall–Kier alpha value is -0.510. The summed E-state index contributed by atoms with van der Waals surface area (Å²) in [5.74, 6) is 1.19. The van der Waals surface area contributed by atoms with Gasteiger partial charge in [-0.15, -0.1) is 0 Å². The summed E-state index contributed by atoms with van der Waals surface area (Å²) in [6.07, 6.45) is 1.84. The molecule has 1 aromatic heterocycles. The summed E-state index contributed by atoms with van der Waals surface area (Å²) in [5, 5.41) is 4.17. The van der Waals surface area contributed by atoms with Gasteiger partial charge in [-0.25, -0.2) is 4.68 Å². The van der Waals surface area contributed by atoms with Crippen molar-refractivity contribution in [3.63, 3.8) is 0 Å². The fourth-order valence-electron chi connectivity index (χ4n) is 1.25. The summed E-state index contributed by atoms with van der Waals surface area (Å²) in [6.45, 7) is 2.08. The van der Waals surface area contributed by atoms with E-state index in [2.05, 4.69) is 33.0 Å². The molecule has 0 aliphatic carbocycles. The molecule has 0 spiro atoms. The van der Waals surface area contributed by atoms with Crippen LogP contribution < -0.4 is 4.90 Å². The van der Waals surface area contributed by atoms with Crippen molar-refractivity contribution in [1.29, 1.82) is 0 Å². The van der Waals surface area contributed by atoms with E-state index >= 15 is 0 Å². The highest BCUT2D eigenvalue weighted by Crippen LogP contribution is 2.28. The molecule has 0 N–H and O–H groups in total. The zero-order chi connectivity index (χ0) is 7.14. The number of likely N-dealkylation sites (N-methyl/N-ethyl adjacent to an activating group) is 1. The Labute approximate surface area is 67.8 Å². The van der Waals surface area contributed by atoms with E-state index in [0.29, 0.717) is 0 Å². The van der Waals surface area contributed by atoms with Gasteiger partial charge in [0.25, 0.3) is 0 Å². The van der Waals surface area contributed by atoms with E-state index in [1.165, 1.54) is 5.82 Å². The molecule has 0 aromatic carbocycles. The van der Waals surface area contributed by atoms with Crippen LogP contribution in [0.1, 0.15) is 0 Å². The first kappa shape index (κ1) is 6.22. The number of hydrogen-bond donors (Lipinski definition) is 0. The molecule has 3 nitrogen and oxygen atoms in total. The monoisotopic (exact) mass is 201 g/mol. The Kier molecular flexibility index (Phi) is 1.23. The van der Waals surface area contributed by atoms with Crippen molar-refractivity contribution < 1.29 is 0 Å². The van der Waals surface area contributed by atoms with Gasteiger partial charge in [0, 0.05) is 13.6 Å². The summed E-state index contributed by atoms with van der Waals surface area (Å²) < 4.78 is 3.09. The minimum Gasteiger partial charge on any atom is -0.357 e. The number of aromatic nitrogens is 2. The molecule has 0 fully saturated rings. The van der Waals surface area contributed by atoms with Crippen LogP contribution in [-0.4, -0.2) is 23.4 Å². The quantitative estimate of drug-likeness (QED) is 0.627. The van der Waals surface area contributed by atoms with Gasteiger partial charge in [-0.1, -0.05) is 0 Å². The van der Waals surface area contributed by atoms with E-state index < -0.39 is 0 Å². The van der Waals surface area contributed by atoms with E-state index in [4.69, 9.17) is 0 Å². The van der Waals surface area contributed by atoms with Gasteiger partial charge >= 0.3 is 0 Å². The molecule has 0 radical (unpaired) electrons. The van der Waals surface area contributed by atoms with Crippen molar-refractivity contribution in [1.82, 2.24) is 9.78 Å². The third-order valence-electron chi connectivity index (χ3n) is 1.78. The number of fused-ring (bicyclic) bond motifs is 1. The topological polar surface area (TPSA) is 21.1 Å². The summed E-state index contributed by atoms with van der Waals surface area (Å²) >= 11 is 3.43. The number of anilines is 1. The molecule has 10 heavy (non-hydrogen) atoms. The van der Waals surface area contributed by atoms with Crippen LogP contribution in [0.25, 0.3) is 0 Å². The highest BCUT2D eigenvalue weighted by molar-refractivity contribution is 9.10.